The Morgan fingerprint density at radius 2 is 1.79 bits per heavy atom. The van der Waals surface area contributed by atoms with Gasteiger partial charge in [0.15, 0.2) is 11.5 Å². The Kier molecular flexibility index (Phi) is 4.89. The van der Waals surface area contributed by atoms with E-state index in [4.69, 9.17) is 4.74 Å². The van der Waals surface area contributed by atoms with Gasteiger partial charge in [-0.1, -0.05) is 30.3 Å². The Labute approximate surface area is 162 Å². The molecule has 0 saturated carbocycles. The van der Waals surface area contributed by atoms with Crippen molar-refractivity contribution in [2.75, 3.05) is 25.6 Å². The molecule has 2 aromatic carbocycles. The zero-order chi connectivity index (χ0) is 19.5. The van der Waals surface area contributed by atoms with Gasteiger partial charge >= 0.3 is 0 Å². The molecule has 0 aliphatic heterocycles. The molecule has 0 aliphatic carbocycles. The maximum Gasteiger partial charge on any atom is 0.188 e. The first kappa shape index (κ1) is 17.9. The Bertz CT molecular complexity index is 1110. The first-order valence-electron chi connectivity index (χ1n) is 8.98. The highest BCUT2D eigenvalue weighted by atomic mass is 19.1. The Morgan fingerprint density at radius 3 is 2.61 bits per heavy atom. The zero-order valence-corrected chi connectivity index (χ0v) is 15.7. The molecule has 142 valence electrons. The van der Waals surface area contributed by atoms with Crippen LogP contribution < -0.4 is 9.64 Å². The largest absolute Gasteiger partial charge is 0.496 e. The first-order valence-corrected chi connectivity index (χ1v) is 8.98. The molecule has 0 saturated heterocycles. The fraction of sp³-hybridized carbons (Fsp3) is 0.190. The number of benzene rings is 2. The summed E-state index contributed by atoms with van der Waals surface area (Å²) in [4.78, 5) is 2.04. The van der Waals surface area contributed by atoms with E-state index >= 15 is 0 Å². The number of methoxy groups -OCH3 is 1. The third-order valence-corrected chi connectivity index (χ3v) is 4.66. The minimum absolute atomic E-state index is 0.353. The number of ether oxygens (including phenoxy) is 1. The number of halogens is 1. The summed E-state index contributed by atoms with van der Waals surface area (Å²) >= 11 is 0. The van der Waals surface area contributed by atoms with Crippen LogP contribution in [0.2, 0.25) is 0 Å². The Morgan fingerprint density at radius 1 is 1.00 bits per heavy atom. The highest BCUT2D eigenvalue weighted by molar-refractivity contribution is 5.60. The van der Waals surface area contributed by atoms with Gasteiger partial charge in [0.25, 0.3) is 0 Å². The van der Waals surface area contributed by atoms with Crippen molar-refractivity contribution in [2.24, 2.45) is 0 Å². The van der Waals surface area contributed by atoms with Crippen molar-refractivity contribution in [2.45, 2.75) is 6.42 Å². The lowest BCUT2D eigenvalue weighted by molar-refractivity contribution is 0.409. The summed E-state index contributed by atoms with van der Waals surface area (Å²) in [7, 11) is 3.64. The van der Waals surface area contributed by atoms with Crippen LogP contribution in [0.4, 0.5) is 10.2 Å². The van der Waals surface area contributed by atoms with Crippen LogP contribution in [0.25, 0.3) is 17.0 Å². The third-order valence-electron chi connectivity index (χ3n) is 4.66. The number of fused-ring (bicyclic) bond motifs is 1. The fourth-order valence-electron chi connectivity index (χ4n) is 3.11. The molecule has 0 unspecified atom stereocenters. The highest BCUT2D eigenvalue weighted by Gasteiger charge is 2.14. The van der Waals surface area contributed by atoms with Crippen LogP contribution in [-0.4, -0.2) is 40.5 Å². The fourth-order valence-corrected chi connectivity index (χ4v) is 3.11. The summed E-state index contributed by atoms with van der Waals surface area (Å²) < 4.78 is 21.2. The van der Waals surface area contributed by atoms with Crippen LogP contribution in [0.15, 0.2) is 60.7 Å². The van der Waals surface area contributed by atoms with Gasteiger partial charge in [-0.05, 0) is 42.3 Å². The molecule has 4 rings (SSSR count). The molecule has 0 radical (unpaired) electrons. The standard InChI is InChI=1S/C21H20FN5O/c1-26(14-13-15-7-3-6-10-18(15)28-2)20-12-11-19-23-24-21(27(19)25-20)16-8-4-5-9-17(16)22/h3-12H,13-14H2,1-2H3. The SMILES string of the molecule is COc1ccccc1CCN(C)c1ccc2nnc(-c3ccccc3F)n2n1. The Balaban J connectivity index is 1.60. The molecule has 2 heterocycles. The molecule has 0 aliphatic rings. The van der Waals surface area contributed by atoms with E-state index in [-0.39, 0.29) is 5.82 Å². The predicted molar refractivity (Wildman–Crippen MR) is 106 cm³/mol. The van der Waals surface area contributed by atoms with Crippen LogP contribution in [0.3, 0.4) is 0 Å². The molecule has 2 aromatic heterocycles. The van der Waals surface area contributed by atoms with Crippen LogP contribution >= 0.6 is 0 Å². The number of anilines is 1. The quantitative estimate of drug-likeness (QED) is 0.514. The molecule has 0 atom stereocenters. The molecule has 0 fully saturated rings. The second kappa shape index (κ2) is 7.64. The van der Waals surface area contributed by atoms with E-state index in [2.05, 4.69) is 21.4 Å². The van der Waals surface area contributed by atoms with Crippen LogP contribution in [0.5, 0.6) is 5.75 Å². The number of likely N-dealkylation sites (N-methyl/N-ethyl adjacent to an activating group) is 1. The van der Waals surface area contributed by atoms with Crippen molar-refractivity contribution in [3.8, 4) is 17.1 Å². The maximum absolute atomic E-state index is 14.2. The zero-order valence-electron chi connectivity index (χ0n) is 15.7. The molecule has 0 spiro atoms. The number of hydrogen-bond acceptors (Lipinski definition) is 5. The summed E-state index contributed by atoms with van der Waals surface area (Å²) in [5, 5.41) is 12.8. The lowest BCUT2D eigenvalue weighted by Gasteiger charge is -2.19. The number of hydrogen-bond donors (Lipinski definition) is 0. The van der Waals surface area contributed by atoms with Crippen molar-refractivity contribution in [3.63, 3.8) is 0 Å². The molecule has 0 N–H and O–H groups in total. The number of para-hydroxylation sites is 1. The van der Waals surface area contributed by atoms with E-state index < -0.39 is 0 Å². The van der Waals surface area contributed by atoms with Gasteiger partial charge in [-0.25, -0.2) is 4.39 Å². The second-order valence-corrected chi connectivity index (χ2v) is 6.45. The summed E-state index contributed by atoms with van der Waals surface area (Å²) in [6, 6.07) is 18.2. The lowest BCUT2D eigenvalue weighted by Crippen LogP contribution is -2.22. The average Bonchev–Trinajstić information content (AvgIpc) is 3.15. The van der Waals surface area contributed by atoms with Crippen molar-refractivity contribution in [1.82, 2.24) is 19.8 Å². The molecule has 0 amide bonds. The Hall–Kier alpha value is -3.48. The van der Waals surface area contributed by atoms with E-state index in [1.165, 1.54) is 6.07 Å². The first-order chi connectivity index (χ1) is 13.7. The van der Waals surface area contributed by atoms with E-state index in [9.17, 15) is 4.39 Å². The number of nitrogens with zero attached hydrogens (tertiary/aromatic N) is 5. The van der Waals surface area contributed by atoms with Crippen molar-refractivity contribution in [1.29, 1.82) is 0 Å². The molecule has 28 heavy (non-hydrogen) atoms. The van der Waals surface area contributed by atoms with E-state index in [0.29, 0.717) is 17.0 Å². The van der Waals surface area contributed by atoms with Crippen molar-refractivity contribution >= 4 is 11.5 Å². The topological polar surface area (TPSA) is 55.5 Å². The van der Waals surface area contributed by atoms with Gasteiger partial charge in [0, 0.05) is 13.6 Å². The maximum atomic E-state index is 14.2. The van der Waals surface area contributed by atoms with Gasteiger partial charge in [0.1, 0.15) is 17.4 Å². The predicted octanol–water partition coefficient (Wildman–Crippen LogP) is 3.62. The number of aromatic nitrogens is 4. The minimum atomic E-state index is -0.353. The molecular weight excluding hydrogens is 357 g/mol. The van der Waals surface area contributed by atoms with Gasteiger partial charge < -0.3 is 9.64 Å². The van der Waals surface area contributed by atoms with E-state index in [1.807, 2.05) is 42.3 Å². The summed E-state index contributed by atoms with van der Waals surface area (Å²) in [6.45, 7) is 0.746. The third kappa shape index (κ3) is 3.38. The van der Waals surface area contributed by atoms with Crippen molar-refractivity contribution < 1.29 is 9.13 Å². The molecule has 4 aromatic rings. The van der Waals surface area contributed by atoms with Gasteiger partial charge in [-0.3, -0.25) is 0 Å². The van der Waals surface area contributed by atoms with E-state index in [1.54, 1.807) is 29.8 Å². The molecule has 0 bridgehead atoms. The van der Waals surface area contributed by atoms with Gasteiger partial charge in [-0.15, -0.1) is 15.3 Å². The van der Waals surface area contributed by atoms with Gasteiger partial charge in [0.05, 0.1) is 12.7 Å². The molecule has 7 heteroatoms. The summed E-state index contributed by atoms with van der Waals surface area (Å²) in [6.07, 6.45) is 0.808. The lowest BCUT2D eigenvalue weighted by atomic mass is 10.1. The van der Waals surface area contributed by atoms with Crippen LogP contribution in [-0.2, 0) is 6.42 Å². The molecule has 6 nitrogen and oxygen atoms in total. The average molecular weight is 377 g/mol. The van der Waals surface area contributed by atoms with Gasteiger partial charge in [-0.2, -0.15) is 4.52 Å². The monoisotopic (exact) mass is 377 g/mol. The van der Waals surface area contributed by atoms with Crippen LogP contribution in [0.1, 0.15) is 5.56 Å². The van der Waals surface area contributed by atoms with Gasteiger partial charge in [0.2, 0.25) is 0 Å². The summed E-state index contributed by atoms with van der Waals surface area (Å²) in [5.74, 6) is 1.65. The van der Waals surface area contributed by atoms with Crippen molar-refractivity contribution in [3.05, 3.63) is 72.0 Å². The number of rotatable bonds is 6. The second-order valence-electron chi connectivity index (χ2n) is 6.45. The van der Waals surface area contributed by atoms with E-state index in [0.717, 1.165) is 30.1 Å². The smallest absolute Gasteiger partial charge is 0.188 e. The summed E-state index contributed by atoms with van der Waals surface area (Å²) in [5.41, 5.74) is 2.07. The highest BCUT2D eigenvalue weighted by Crippen LogP contribution is 2.22. The minimum Gasteiger partial charge on any atom is -0.496 e. The normalized spacial score (nSPS) is 11.0. The van der Waals surface area contributed by atoms with Crippen LogP contribution in [0, 0.1) is 5.82 Å². The molecular formula is C21H20FN5O.